The van der Waals surface area contributed by atoms with Crippen LogP contribution in [0.1, 0.15) is 11.1 Å². The summed E-state index contributed by atoms with van der Waals surface area (Å²) in [5.74, 6) is 0.792. The minimum Gasteiger partial charge on any atom is -0.354 e. The number of aromatic nitrogens is 1. The summed E-state index contributed by atoms with van der Waals surface area (Å²) in [6, 6.07) is 10.3. The number of hydrogen-bond donors (Lipinski definition) is 0. The molecule has 0 N–H and O–H groups in total. The normalized spacial score (nSPS) is 10.4. The van der Waals surface area contributed by atoms with Gasteiger partial charge in [0.25, 0.3) is 0 Å². The number of aryl methyl sites for hydroxylation is 1. The summed E-state index contributed by atoms with van der Waals surface area (Å²) in [6.45, 7) is 2.87. The van der Waals surface area contributed by atoms with Crippen molar-refractivity contribution in [2.75, 3.05) is 11.9 Å². The van der Waals surface area contributed by atoms with Gasteiger partial charge in [-0.3, -0.25) is 0 Å². The topological polar surface area (TPSA) is 16.1 Å². The molecule has 18 heavy (non-hydrogen) atoms. The van der Waals surface area contributed by atoms with E-state index in [-0.39, 0.29) is 0 Å². The number of anilines is 1. The first-order chi connectivity index (χ1) is 8.56. The molecule has 0 unspecified atom stereocenters. The number of halogens is 2. The Bertz CT molecular complexity index is 540. The molecule has 0 spiro atoms. The largest absolute Gasteiger partial charge is 0.354 e. The summed E-state index contributed by atoms with van der Waals surface area (Å²) >= 11 is 9.54. The fourth-order valence-electron chi connectivity index (χ4n) is 1.73. The van der Waals surface area contributed by atoms with Gasteiger partial charge in [0.1, 0.15) is 5.82 Å². The van der Waals surface area contributed by atoms with Crippen LogP contribution in [0.2, 0.25) is 5.02 Å². The van der Waals surface area contributed by atoms with E-state index in [1.165, 1.54) is 11.1 Å². The van der Waals surface area contributed by atoms with Gasteiger partial charge in [0.05, 0.1) is 5.02 Å². The maximum Gasteiger partial charge on any atom is 0.147 e. The number of rotatable bonds is 3. The van der Waals surface area contributed by atoms with Crippen molar-refractivity contribution in [1.29, 1.82) is 0 Å². The van der Waals surface area contributed by atoms with Crippen LogP contribution < -0.4 is 4.90 Å². The van der Waals surface area contributed by atoms with Gasteiger partial charge in [-0.05, 0) is 34.5 Å². The lowest BCUT2D eigenvalue weighted by molar-refractivity contribution is 0.897. The second kappa shape index (κ2) is 5.72. The van der Waals surface area contributed by atoms with Crippen LogP contribution in [0.3, 0.4) is 0 Å². The van der Waals surface area contributed by atoms with Gasteiger partial charge in [-0.25, -0.2) is 4.98 Å². The summed E-state index contributed by atoms with van der Waals surface area (Å²) in [5.41, 5.74) is 2.50. The van der Waals surface area contributed by atoms with E-state index in [4.69, 9.17) is 11.6 Å². The van der Waals surface area contributed by atoms with E-state index in [2.05, 4.69) is 52.1 Å². The molecule has 0 bridgehead atoms. The minimum atomic E-state index is 0.652. The zero-order valence-corrected chi connectivity index (χ0v) is 12.7. The zero-order chi connectivity index (χ0) is 13.1. The molecular formula is C14H14BrClN2. The smallest absolute Gasteiger partial charge is 0.147 e. The summed E-state index contributed by atoms with van der Waals surface area (Å²) in [6.07, 6.45) is 1.76. The fraction of sp³-hybridized carbons (Fsp3) is 0.214. The molecule has 2 nitrogen and oxygen atoms in total. The Labute approximate surface area is 121 Å². The molecule has 0 atom stereocenters. The van der Waals surface area contributed by atoms with Gasteiger partial charge in [-0.1, -0.05) is 41.4 Å². The van der Waals surface area contributed by atoms with E-state index in [9.17, 15) is 0 Å². The highest BCUT2D eigenvalue weighted by molar-refractivity contribution is 9.10. The first-order valence-corrected chi connectivity index (χ1v) is 6.81. The molecule has 0 fully saturated rings. The van der Waals surface area contributed by atoms with Gasteiger partial charge in [0, 0.05) is 24.3 Å². The second-order valence-corrected chi connectivity index (χ2v) is 5.62. The Morgan fingerprint density at radius 2 is 1.94 bits per heavy atom. The summed E-state index contributed by atoms with van der Waals surface area (Å²) in [4.78, 5) is 6.38. The lowest BCUT2D eigenvalue weighted by atomic mass is 10.1. The summed E-state index contributed by atoms with van der Waals surface area (Å²) in [5, 5.41) is 0.652. The third kappa shape index (κ3) is 3.24. The second-order valence-electron chi connectivity index (χ2n) is 4.30. The highest BCUT2D eigenvalue weighted by Crippen LogP contribution is 2.26. The Morgan fingerprint density at radius 3 is 2.56 bits per heavy atom. The van der Waals surface area contributed by atoms with Gasteiger partial charge >= 0.3 is 0 Å². The number of hydrogen-bond acceptors (Lipinski definition) is 2. The van der Waals surface area contributed by atoms with Crippen LogP contribution in [0.25, 0.3) is 0 Å². The molecule has 1 aromatic carbocycles. The number of nitrogens with zero attached hydrogens (tertiary/aromatic N) is 2. The molecule has 0 saturated carbocycles. The summed E-state index contributed by atoms with van der Waals surface area (Å²) < 4.78 is 0.889. The van der Waals surface area contributed by atoms with Crippen molar-refractivity contribution in [3.63, 3.8) is 0 Å². The van der Waals surface area contributed by atoms with Gasteiger partial charge < -0.3 is 4.90 Å². The Balaban J connectivity index is 2.16. The molecule has 94 valence electrons. The number of pyridine rings is 1. The Kier molecular flexibility index (Phi) is 4.25. The van der Waals surface area contributed by atoms with Crippen LogP contribution in [0, 0.1) is 6.92 Å². The van der Waals surface area contributed by atoms with E-state index < -0.39 is 0 Å². The van der Waals surface area contributed by atoms with E-state index in [0.717, 1.165) is 16.8 Å². The quantitative estimate of drug-likeness (QED) is 0.829. The van der Waals surface area contributed by atoms with Crippen molar-refractivity contribution in [3.8, 4) is 0 Å². The van der Waals surface area contributed by atoms with Crippen molar-refractivity contribution < 1.29 is 0 Å². The fourth-order valence-corrected chi connectivity index (χ4v) is 2.50. The molecule has 0 aliphatic carbocycles. The molecule has 4 heteroatoms. The van der Waals surface area contributed by atoms with Crippen molar-refractivity contribution in [2.45, 2.75) is 13.5 Å². The van der Waals surface area contributed by atoms with Crippen LogP contribution in [-0.4, -0.2) is 12.0 Å². The Hall–Kier alpha value is -1.06. The Morgan fingerprint density at radius 1 is 1.28 bits per heavy atom. The van der Waals surface area contributed by atoms with E-state index >= 15 is 0 Å². The van der Waals surface area contributed by atoms with Crippen LogP contribution >= 0.6 is 27.5 Å². The number of benzene rings is 1. The molecule has 2 aromatic rings. The third-order valence-corrected chi connectivity index (χ3v) is 3.40. The van der Waals surface area contributed by atoms with Crippen molar-refractivity contribution in [2.24, 2.45) is 0 Å². The average Bonchev–Trinajstić information content (AvgIpc) is 2.32. The predicted octanol–water partition coefficient (Wildman–Crippen LogP) is 4.44. The monoisotopic (exact) mass is 324 g/mol. The zero-order valence-electron chi connectivity index (χ0n) is 10.3. The van der Waals surface area contributed by atoms with Gasteiger partial charge in [-0.15, -0.1) is 0 Å². The minimum absolute atomic E-state index is 0.652. The lowest BCUT2D eigenvalue weighted by Gasteiger charge is -2.19. The SMILES string of the molecule is Cc1ccc(CN(C)c2ncc(Br)cc2Cl)cc1. The van der Waals surface area contributed by atoms with Crippen LogP contribution in [0.4, 0.5) is 5.82 Å². The molecule has 0 aliphatic rings. The predicted molar refractivity (Wildman–Crippen MR) is 80.2 cm³/mol. The average molecular weight is 326 g/mol. The lowest BCUT2D eigenvalue weighted by Crippen LogP contribution is -2.18. The van der Waals surface area contributed by atoms with Crippen LogP contribution in [-0.2, 0) is 6.54 Å². The van der Waals surface area contributed by atoms with E-state index in [0.29, 0.717) is 5.02 Å². The highest BCUT2D eigenvalue weighted by atomic mass is 79.9. The molecule has 1 heterocycles. The van der Waals surface area contributed by atoms with Crippen molar-refractivity contribution in [3.05, 3.63) is 57.2 Å². The van der Waals surface area contributed by atoms with Crippen LogP contribution in [0.5, 0.6) is 0 Å². The highest BCUT2D eigenvalue weighted by Gasteiger charge is 2.08. The molecule has 0 amide bonds. The van der Waals surface area contributed by atoms with E-state index in [1.807, 2.05) is 18.0 Å². The maximum atomic E-state index is 6.18. The van der Waals surface area contributed by atoms with Gasteiger partial charge in [0.2, 0.25) is 0 Å². The first-order valence-electron chi connectivity index (χ1n) is 5.64. The van der Waals surface area contributed by atoms with Crippen molar-refractivity contribution >= 4 is 33.3 Å². The van der Waals surface area contributed by atoms with Gasteiger partial charge in [0.15, 0.2) is 0 Å². The molecule has 0 saturated heterocycles. The van der Waals surface area contributed by atoms with Crippen molar-refractivity contribution in [1.82, 2.24) is 4.98 Å². The molecule has 1 aromatic heterocycles. The molecule has 2 rings (SSSR count). The van der Waals surface area contributed by atoms with Gasteiger partial charge in [-0.2, -0.15) is 0 Å². The molecule has 0 radical (unpaired) electrons. The molecule has 0 aliphatic heterocycles. The van der Waals surface area contributed by atoms with E-state index in [1.54, 1.807) is 6.20 Å². The third-order valence-electron chi connectivity index (χ3n) is 2.69. The molecular weight excluding hydrogens is 312 g/mol. The van der Waals surface area contributed by atoms with Crippen LogP contribution in [0.15, 0.2) is 41.0 Å². The summed E-state index contributed by atoms with van der Waals surface area (Å²) in [7, 11) is 1.99. The standard InChI is InChI=1S/C14H14BrClN2/c1-10-3-5-11(6-4-10)9-18(2)14-13(16)7-12(15)8-17-14/h3-8H,9H2,1-2H3. The first kappa shape index (κ1) is 13.4. The maximum absolute atomic E-state index is 6.18.